The summed E-state index contributed by atoms with van der Waals surface area (Å²) in [4.78, 5) is 25.2. The summed E-state index contributed by atoms with van der Waals surface area (Å²) < 4.78 is 2.11. The minimum Gasteiger partial charge on any atom is -0.478 e. The third-order valence-electron chi connectivity index (χ3n) is 4.12. The zero-order valence-electron chi connectivity index (χ0n) is 15.4. The largest absolute Gasteiger partial charge is 0.478 e. The van der Waals surface area contributed by atoms with Gasteiger partial charge >= 0.3 is 11.9 Å². The van der Waals surface area contributed by atoms with Crippen molar-refractivity contribution in [3.05, 3.63) is 89.0 Å². The highest BCUT2D eigenvalue weighted by atomic mass is 16.4. The molecule has 2 heterocycles. The van der Waals surface area contributed by atoms with Crippen LogP contribution in [0, 0.1) is 6.92 Å². The summed E-state index contributed by atoms with van der Waals surface area (Å²) in [5.74, 6) is -2.22. The molecule has 0 aliphatic heterocycles. The van der Waals surface area contributed by atoms with Crippen molar-refractivity contribution < 1.29 is 24.9 Å². The smallest absolute Gasteiger partial charge is 0.335 e. The molecule has 1 aromatic carbocycles. The Balaban J connectivity index is 0.000000203. The van der Waals surface area contributed by atoms with Gasteiger partial charge in [0.2, 0.25) is 0 Å². The first kappa shape index (κ1) is 20.9. The van der Waals surface area contributed by atoms with Gasteiger partial charge in [0.05, 0.1) is 11.1 Å². The Morgan fingerprint density at radius 1 is 0.964 bits per heavy atom. The van der Waals surface area contributed by atoms with Crippen LogP contribution in [0.25, 0.3) is 0 Å². The van der Waals surface area contributed by atoms with Gasteiger partial charge < -0.3 is 19.9 Å². The lowest BCUT2D eigenvalue weighted by atomic mass is 10.0. The summed E-state index contributed by atoms with van der Waals surface area (Å²) in [6.45, 7) is 2.54. The van der Waals surface area contributed by atoms with Crippen molar-refractivity contribution in [3.8, 4) is 0 Å². The molecule has 3 aromatic rings. The molecule has 3 rings (SSSR count). The normalized spacial score (nSPS) is 10.1. The van der Waals surface area contributed by atoms with E-state index < -0.39 is 11.9 Å². The standard InChI is InChI=1S/C12H14N2O.C9H8O4/c15-8-4-12-3-7-14(10-12)9-11-1-5-13-6-2-11;1-5-6(8(10)11)3-2-4-7(5)9(12)13/h1-3,5-7,10,15H,4,8-9H2;2-4H,1H3,(H,10,11)(H,12,13). The quantitative estimate of drug-likeness (QED) is 0.604. The molecule has 7 heteroatoms. The van der Waals surface area contributed by atoms with Crippen LogP contribution in [-0.4, -0.2) is 43.4 Å². The highest BCUT2D eigenvalue weighted by molar-refractivity contribution is 5.96. The topological polar surface area (TPSA) is 113 Å². The maximum atomic E-state index is 10.6. The molecule has 146 valence electrons. The summed E-state index contributed by atoms with van der Waals surface area (Å²) in [5, 5.41) is 26.2. The summed E-state index contributed by atoms with van der Waals surface area (Å²) in [6.07, 6.45) is 8.42. The zero-order valence-corrected chi connectivity index (χ0v) is 15.4. The van der Waals surface area contributed by atoms with Gasteiger partial charge in [-0.25, -0.2) is 9.59 Å². The van der Waals surface area contributed by atoms with E-state index in [4.69, 9.17) is 15.3 Å². The fourth-order valence-electron chi connectivity index (χ4n) is 2.66. The minimum absolute atomic E-state index is 0.0277. The van der Waals surface area contributed by atoms with Crippen LogP contribution in [0.3, 0.4) is 0 Å². The molecule has 2 aromatic heterocycles. The number of pyridine rings is 1. The predicted molar refractivity (Wildman–Crippen MR) is 104 cm³/mol. The Bertz CT molecular complexity index is 903. The van der Waals surface area contributed by atoms with Gasteiger partial charge in [0.15, 0.2) is 0 Å². The van der Waals surface area contributed by atoms with E-state index in [1.807, 2.05) is 24.4 Å². The van der Waals surface area contributed by atoms with Crippen LogP contribution in [0.5, 0.6) is 0 Å². The van der Waals surface area contributed by atoms with Crippen LogP contribution >= 0.6 is 0 Å². The molecular formula is C21H22N2O5. The van der Waals surface area contributed by atoms with Crippen molar-refractivity contribution in [1.82, 2.24) is 9.55 Å². The highest BCUT2D eigenvalue weighted by Crippen LogP contribution is 2.13. The van der Waals surface area contributed by atoms with Crippen LogP contribution in [0.4, 0.5) is 0 Å². The van der Waals surface area contributed by atoms with Crippen LogP contribution in [0.15, 0.2) is 61.2 Å². The average molecular weight is 382 g/mol. The van der Waals surface area contributed by atoms with Gasteiger partial charge in [-0.1, -0.05) is 6.07 Å². The molecule has 0 fully saturated rings. The van der Waals surface area contributed by atoms with Gasteiger partial charge in [0.25, 0.3) is 0 Å². The van der Waals surface area contributed by atoms with Crippen molar-refractivity contribution in [2.75, 3.05) is 6.61 Å². The van der Waals surface area contributed by atoms with Crippen LogP contribution in [0.1, 0.15) is 37.4 Å². The second kappa shape index (κ2) is 10.0. The van der Waals surface area contributed by atoms with Gasteiger partial charge in [-0.15, -0.1) is 0 Å². The van der Waals surface area contributed by atoms with Crippen molar-refractivity contribution in [1.29, 1.82) is 0 Å². The molecule has 0 radical (unpaired) electrons. The second-order valence-electron chi connectivity index (χ2n) is 6.11. The molecule has 0 aliphatic rings. The first-order chi connectivity index (χ1) is 13.4. The number of aliphatic hydroxyl groups is 1. The Morgan fingerprint density at radius 3 is 2.11 bits per heavy atom. The molecule has 0 atom stereocenters. The number of aromatic carboxylic acids is 2. The van der Waals surface area contributed by atoms with Gasteiger partial charge in [0, 0.05) is 37.9 Å². The van der Waals surface area contributed by atoms with E-state index in [1.54, 1.807) is 12.4 Å². The van der Waals surface area contributed by atoms with E-state index in [0.29, 0.717) is 0 Å². The molecule has 0 bridgehead atoms. The molecule has 7 nitrogen and oxygen atoms in total. The molecule has 0 amide bonds. The van der Waals surface area contributed by atoms with E-state index in [1.165, 1.54) is 36.2 Å². The van der Waals surface area contributed by atoms with Crippen LogP contribution in [-0.2, 0) is 13.0 Å². The first-order valence-electron chi connectivity index (χ1n) is 8.63. The Morgan fingerprint density at radius 2 is 1.57 bits per heavy atom. The number of aliphatic hydroxyl groups excluding tert-OH is 1. The minimum atomic E-state index is -1.11. The van der Waals surface area contributed by atoms with Gasteiger partial charge in [-0.05, 0) is 60.4 Å². The van der Waals surface area contributed by atoms with Gasteiger partial charge in [-0.2, -0.15) is 0 Å². The van der Waals surface area contributed by atoms with E-state index in [2.05, 4.69) is 15.7 Å². The average Bonchev–Trinajstić information content (AvgIpc) is 3.10. The lowest BCUT2D eigenvalue weighted by Gasteiger charge is -2.03. The number of aromatic nitrogens is 2. The first-order valence-corrected chi connectivity index (χ1v) is 8.63. The predicted octanol–water partition coefficient (Wildman–Crippen LogP) is 2.86. The lowest BCUT2D eigenvalue weighted by molar-refractivity contribution is 0.0696. The Kier molecular flexibility index (Phi) is 7.47. The second-order valence-corrected chi connectivity index (χ2v) is 6.11. The molecule has 0 unspecified atom stereocenters. The van der Waals surface area contributed by atoms with E-state index in [-0.39, 0.29) is 23.3 Å². The van der Waals surface area contributed by atoms with E-state index >= 15 is 0 Å². The van der Waals surface area contributed by atoms with Crippen LogP contribution in [0.2, 0.25) is 0 Å². The molecule has 0 aliphatic carbocycles. The Labute approximate surface area is 162 Å². The van der Waals surface area contributed by atoms with Crippen molar-refractivity contribution in [3.63, 3.8) is 0 Å². The van der Waals surface area contributed by atoms with E-state index in [0.717, 1.165) is 13.0 Å². The summed E-state index contributed by atoms with van der Waals surface area (Å²) in [5.41, 5.74) is 2.74. The summed E-state index contributed by atoms with van der Waals surface area (Å²) in [6, 6.07) is 10.2. The maximum absolute atomic E-state index is 10.6. The third kappa shape index (κ3) is 5.78. The number of carbonyl (C=O) groups is 2. The molecule has 0 saturated heterocycles. The van der Waals surface area contributed by atoms with Crippen LogP contribution < -0.4 is 0 Å². The number of hydrogen-bond acceptors (Lipinski definition) is 4. The number of rotatable bonds is 6. The monoisotopic (exact) mass is 382 g/mol. The number of benzene rings is 1. The fourth-order valence-corrected chi connectivity index (χ4v) is 2.66. The third-order valence-corrected chi connectivity index (χ3v) is 4.12. The van der Waals surface area contributed by atoms with Crippen molar-refractivity contribution >= 4 is 11.9 Å². The van der Waals surface area contributed by atoms with Crippen molar-refractivity contribution in [2.45, 2.75) is 19.9 Å². The zero-order chi connectivity index (χ0) is 20.5. The SMILES string of the molecule is Cc1c(C(=O)O)cccc1C(=O)O.OCCc1ccn(Cc2ccncc2)c1. The summed E-state index contributed by atoms with van der Waals surface area (Å²) in [7, 11) is 0. The number of carboxylic acid groups (broad SMARTS) is 2. The molecule has 0 saturated carbocycles. The number of hydrogen-bond donors (Lipinski definition) is 3. The number of nitrogens with zero attached hydrogens (tertiary/aromatic N) is 2. The molecule has 28 heavy (non-hydrogen) atoms. The molecular weight excluding hydrogens is 360 g/mol. The van der Waals surface area contributed by atoms with Crippen molar-refractivity contribution in [2.24, 2.45) is 0 Å². The van der Waals surface area contributed by atoms with Gasteiger partial charge in [-0.3, -0.25) is 4.98 Å². The van der Waals surface area contributed by atoms with Gasteiger partial charge in [0.1, 0.15) is 0 Å². The Hall–Kier alpha value is -3.45. The fraction of sp³-hybridized carbons (Fsp3) is 0.190. The number of carboxylic acids is 2. The molecule has 0 spiro atoms. The molecule has 3 N–H and O–H groups in total. The highest BCUT2D eigenvalue weighted by Gasteiger charge is 2.13. The maximum Gasteiger partial charge on any atom is 0.335 e. The summed E-state index contributed by atoms with van der Waals surface area (Å²) >= 11 is 0. The lowest BCUT2D eigenvalue weighted by Crippen LogP contribution is -2.06. The van der Waals surface area contributed by atoms with E-state index in [9.17, 15) is 9.59 Å².